The molecule has 3 aromatic rings. The van der Waals surface area contributed by atoms with Gasteiger partial charge in [0.1, 0.15) is 23.5 Å². The van der Waals surface area contributed by atoms with Crippen molar-refractivity contribution in [1.29, 1.82) is 0 Å². The van der Waals surface area contributed by atoms with Crippen molar-refractivity contribution in [3.05, 3.63) is 75.5 Å². The molecule has 0 bridgehead atoms. The Morgan fingerprint density at radius 2 is 2.03 bits per heavy atom. The predicted octanol–water partition coefficient (Wildman–Crippen LogP) is 3.60. The average molecular weight is 493 g/mol. The van der Waals surface area contributed by atoms with E-state index in [-0.39, 0.29) is 22.2 Å². The maximum atomic E-state index is 14.9. The minimum Gasteiger partial charge on any atom is -0.320 e. The SMILES string of the molecule is CCn1cc(CNCC2CC2)cc(C(=O)Nc2cc(C3(c4nncn4C)CC(C)C3)ccc2F)c1=O. The standard InChI is InChI=1S/C27H33FN6O2/c1-4-34-15-19(14-29-13-18-5-6-18)9-21(25(34)36)24(35)31-23-10-20(7-8-22(23)28)27(11-17(2)12-27)26-32-30-16-33(26)3/h7-10,15-18,29H,4-6,11-14H2,1-3H3,(H,31,35). The van der Waals surface area contributed by atoms with Crippen LogP contribution in [0.5, 0.6) is 0 Å². The number of amides is 1. The van der Waals surface area contributed by atoms with Crippen molar-refractivity contribution in [2.75, 3.05) is 11.9 Å². The molecule has 2 heterocycles. The van der Waals surface area contributed by atoms with Crippen LogP contribution in [-0.4, -0.2) is 31.8 Å². The van der Waals surface area contributed by atoms with Gasteiger partial charge in [0.25, 0.3) is 11.5 Å². The Morgan fingerprint density at radius 1 is 1.25 bits per heavy atom. The zero-order valence-electron chi connectivity index (χ0n) is 21.1. The molecule has 2 aromatic heterocycles. The van der Waals surface area contributed by atoms with Crippen LogP contribution in [0.1, 0.15) is 66.8 Å². The molecule has 190 valence electrons. The maximum absolute atomic E-state index is 14.9. The zero-order chi connectivity index (χ0) is 25.4. The fraction of sp³-hybridized carbons (Fsp3) is 0.481. The summed E-state index contributed by atoms with van der Waals surface area (Å²) in [5.41, 5.74) is 1.00. The van der Waals surface area contributed by atoms with Crippen molar-refractivity contribution < 1.29 is 9.18 Å². The third-order valence-corrected chi connectivity index (χ3v) is 7.49. The number of hydrogen-bond donors (Lipinski definition) is 2. The number of nitrogens with one attached hydrogen (secondary N) is 2. The molecule has 2 aliphatic rings. The van der Waals surface area contributed by atoms with Crippen LogP contribution in [0.25, 0.3) is 0 Å². The fourth-order valence-electron chi connectivity index (χ4n) is 5.44. The highest BCUT2D eigenvalue weighted by molar-refractivity contribution is 6.04. The molecule has 36 heavy (non-hydrogen) atoms. The van der Waals surface area contributed by atoms with Gasteiger partial charge in [0, 0.05) is 26.3 Å². The lowest BCUT2D eigenvalue weighted by molar-refractivity contribution is 0.102. The third kappa shape index (κ3) is 4.59. The minimum absolute atomic E-state index is 0.00709. The van der Waals surface area contributed by atoms with Crippen LogP contribution < -0.4 is 16.2 Å². The minimum atomic E-state index is -0.614. The normalized spacial score (nSPS) is 21.3. The van der Waals surface area contributed by atoms with Gasteiger partial charge in [-0.15, -0.1) is 10.2 Å². The van der Waals surface area contributed by atoms with E-state index in [1.54, 1.807) is 30.7 Å². The van der Waals surface area contributed by atoms with Crippen molar-refractivity contribution in [3.8, 4) is 0 Å². The molecule has 1 aromatic carbocycles. The van der Waals surface area contributed by atoms with Crippen LogP contribution >= 0.6 is 0 Å². The Balaban J connectivity index is 1.42. The van der Waals surface area contributed by atoms with E-state index < -0.39 is 11.7 Å². The van der Waals surface area contributed by atoms with E-state index in [2.05, 4.69) is 27.8 Å². The monoisotopic (exact) mass is 492 g/mol. The molecule has 9 heteroatoms. The Labute approximate surface area is 209 Å². The highest BCUT2D eigenvalue weighted by Crippen LogP contribution is 2.51. The van der Waals surface area contributed by atoms with E-state index in [9.17, 15) is 14.0 Å². The molecule has 2 aliphatic carbocycles. The summed E-state index contributed by atoms with van der Waals surface area (Å²) in [6.07, 6.45) is 7.65. The number of halogens is 1. The summed E-state index contributed by atoms with van der Waals surface area (Å²) in [5.74, 6) is 0.876. The average Bonchev–Trinajstić information content (AvgIpc) is 3.57. The smallest absolute Gasteiger partial charge is 0.263 e. The Morgan fingerprint density at radius 3 is 2.67 bits per heavy atom. The Kier molecular flexibility index (Phi) is 6.51. The molecule has 2 saturated carbocycles. The van der Waals surface area contributed by atoms with Gasteiger partial charge < -0.3 is 19.8 Å². The van der Waals surface area contributed by atoms with Crippen molar-refractivity contribution in [1.82, 2.24) is 24.6 Å². The van der Waals surface area contributed by atoms with Crippen LogP contribution in [0.4, 0.5) is 10.1 Å². The van der Waals surface area contributed by atoms with Crippen molar-refractivity contribution in [2.45, 2.75) is 58.0 Å². The number of nitrogens with zero attached hydrogens (tertiary/aromatic N) is 4. The number of carbonyl (C=O) groups excluding carboxylic acids is 1. The highest BCUT2D eigenvalue weighted by Gasteiger charge is 2.48. The van der Waals surface area contributed by atoms with Gasteiger partial charge in [0.2, 0.25) is 0 Å². The lowest BCUT2D eigenvalue weighted by Crippen LogP contribution is -2.43. The van der Waals surface area contributed by atoms with Crippen molar-refractivity contribution in [3.63, 3.8) is 0 Å². The predicted molar refractivity (Wildman–Crippen MR) is 135 cm³/mol. The van der Waals surface area contributed by atoms with Crippen LogP contribution in [-0.2, 0) is 25.6 Å². The van der Waals surface area contributed by atoms with Gasteiger partial charge in [-0.2, -0.15) is 0 Å². The molecule has 0 saturated heterocycles. The van der Waals surface area contributed by atoms with Gasteiger partial charge in [-0.05, 0) is 80.3 Å². The quantitative estimate of drug-likeness (QED) is 0.476. The lowest BCUT2D eigenvalue weighted by atomic mass is 9.58. The molecule has 2 N–H and O–H groups in total. The molecule has 0 unspecified atom stereocenters. The molecule has 8 nitrogen and oxygen atoms in total. The lowest BCUT2D eigenvalue weighted by Gasteiger charge is -2.46. The number of benzene rings is 1. The largest absolute Gasteiger partial charge is 0.320 e. The summed E-state index contributed by atoms with van der Waals surface area (Å²) in [6, 6.07) is 6.41. The van der Waals surface area contributed by atoms with Gasteiger partial charge in [0.15, 0.2) is 0 Å². The van der Waals surface area contributed by atoms with Crippen LogP contribution in [0.15, 0.2) is 41.6 Å². The number of carbonyl (C=O) groups is 1. The number of aromatic nitrogens is 4. The number of pyridine rings is 1. The number of anilines is 1. The fourth-order valence-corrected chi connectivity index (χ4v) is 5.44. The van der Waals surface area contributed by atoms with Crippen molar-refractivity contribution >= 4 is 11.6 Å². The molecular formula is C27H33FN6O2. The molecule has 2 fully saturated rings. The van der Waals surface area contributed by atoms with E-state index in [0.29, 0.717) is 19.0 Å². The first-order valence-electron chi connectivity index (χ1n) is 12.7. The molecule has 0 atom stereocenters. The van der Waals surface area contributed by atoms with E-state index in [1.165, 1.54) is 23.5 Å². The molecule has 5 rings (SSSR count). The van der Waals surface area contributed by atoms with Gasteiger partial charge in [-0.3, -0.25) is 9.59 Å². The second kappa shape index (κ2) is 9.61. The summed E-state index contributed by atoms with van der Waals surface area (Å²) in [7, 11) is 1.90. The molecule has 1 amide bonds. The highest BCUT2D eigenvalue weighted by atomic mass is 19.1. The molecule has 0 spiro atoms. The van der Waals surface area contributed by atoms with Gasteiger partial charge in [-0.1, -0.05) is 13.0 Å². The van der Waals surface area contributed by atoms with Crippen LogP contribution in [0.2, 0.25) is 0 Å². The Hall–Kier alpha value is -3.33. The van der Waals surface area contributed by atoms with E-state index >= 15 is 0 Å². The number of hydrogen-bond acceptors (Lipinski definition) is 5. The topological polar surface area (TPSA) is 93.8 Å². The number of rotatable bonds is 9. The second-order valence-electron chi connectivity index (χ2n) is 10.4. The van der Waals surface area contributed by atoms with Crippen LogP contribution in [0.3, 0.4) is 0 Å². The summed E-state index contributed by atoms with van der Waals surface area (Å²) in [4.78, 5) is 26.2. The first-order chi connectivity index (χ1) is 17.3. The molecular weight excluding hydrogens is 459 g/mol. The second-order valence-corrected chi connectivity index (χ2v) is 10.4. The Bertz CT molecular complexity index is 1340. The molecule has 0 aliphatic heterocycles. The van der Waals surface area contributed by atoms with E-state index in [1.807, 2.05) is 18.5 Å². The van der Waals surface area contributed by atoms with Crippen molar-refractivity contribution in [2.24, 2.45) is 18.9 Å². The summed E-state index contributed by atoms with van der Waals surface area (Å²) < 4.78 is 18.3. The van der Waals surface area contributed by atoms with E-state index in [0.717, 1.165) is 42.3 Å². The van der Waals surface area contributed by atoms with E-state index in [4.69, 9.17) is 0 Å². The number of aryl methyl sites for hydroxylation is 2. The van der Waals surface area contributed by atoms with Gasteiger partial charge in [0.05, 0.1) is 11.1 Å². The summed E-state index contributed by atoms with van der Waals surface area (Å²) in [5, 5.41) is 14.5. The zero-order valence-corrected chi connectivity index (χ0v) is 21.1. The van der Waals surface area contributed by atoms with Gasteiger partial charge >= 0.3 is 0 Å². The first-order valence-corrected chi connectivity index (χ1v) is 12.7. The van der Waals surface area contributed by atoms with Crippen LogP contribution in [0, 0.1) is 17.7 Å². The van der Waals surface area contributed by atoms with Gasteiger partial charge in [-0.25, -0.2) is 4.39 Å². The summed E-state index contributed by atoms with van der Waals surface area (Å²) >= 11 is 0. The summed E-state index contributed by atoms with van der Waals surface area (Å²) in [6.45, 7) is 5.97. The maximum Gasteiger partial charge on any atom is 0.263 e. The first kappa shape index (κ1) is 24.4. The molecule has 0 radical (unpaired) electrons. The third-order valence-electron chi connectivity index (χ3n) is 7.49.